The highest BCUT2D eigenvalue weighted by Crippen LogP contribution is 2.48. The molecule has 0 atom stereocenters. The lowest BCUT2D eigenvalue weighted by molar-refractivity contribution is 0.630. The molecule has 2 aromatic heterocycles. The van der Waals surface area contributed by atoms with Crippen molar-refractivity contribution in [3.05, 3.63) is 120 Å². The first kappa shape index (κ1) is 19.8. The van der Waals surface area contributed by atoms with E-state index in [1.54, 1.807) is 0 Å². The lowest BCUT2D eigenvalue weighted by atomic mass is 9.75. The predicted octanol–water partition coefficient (Wildman–Crippen LogP) is 8.79. The molecule has 0 saturated carbocycles. The zero-order chi connectivity index (χ0) is 24.0. The van der Waals surface area contributed by atoms with Crippen LogP contribution >= 0.6 is 0 Å². The average Bonchev–Trinajstić information content (AvgIpc) is 3.25. The highest BCUT2D eigenvalue weighted by atomic mass is 15.0. The van der Waals surface area contributed by atoms with Crippen LogP contribution in [-0.2, 0) is 5.41 Å². The molecule has 8 rings (SSSR count). The quantitative estimate of drug-likeness (QED) is 0.224. The topological polar surface area (TPSA) is 17.8 Å². The maximum absolute atomic E-state index is 4.95. The highest BCUT2D eigenvalue weighted by Gasteiger charge is 2.34. The fourth-order valence-corrected chi connectivity index (χ4v) is 6.47. The first-order valence-corrected chi connectivity index (χ1v) is 12.6. The van der Waals surface area contributed by atoms with Crippen molar-refractivity contribution >= 4 is 43.6 Å². The van der Waals surface area contributed by atoms with Crippen LogP contribution in [0.5, 0.6) is 0 Å². The standard InChI is InChI=1S/C34H24N2/c1-34(2)26-13-5-8-17-31(26)36-30-19-18-21(20-25(30)22-12-9-14-27(34)33(22)36)32-23-10-3-6-15-28(23)35-29-16-7-4-11-24(29)32/h3-20H,1-2H3. The molecule has 0 spiro atoms. The Labute approximate surface area is 209 Å². The van der Waals surface area contributed by atoms with E-state index in [-0.39, 0.29) is 5.41 Å². The van der Waals surface area contributed by atoms with Crippen molar-refractivity contribution in [3.8, 4) is 16.8 Å². The molecule has 0 bridgehead atoms. The Hall–Kier alpha value is -4.43. The van der Waals surface area contributed by atoms with E-state index in [1.165, 1.54) is 60.5 Å². The Kier molecular flexibility index (Phi) is 3.76. The van der Waals surface area contributed by atoms with Gasteiger partial charge in [0.15, 0.2) is 0 Å². The van der Waals surface area contributed by atoms with Crippen LogP contribution in [0.4, 0.5) is 0 Å². The van der Waals surface area contributed by atoms with E-state index in [0.717, 1.165) is 11.0 Å². The summed E-state index contributed by atoms with van der Waals surface area (Å²) in [7, 11) is 0. The van der Waals surface area contributed by atoms with Crippen molar-refractivity contribution in [1.82, 2.24) is 9.55 Å². The largest absolute Gasteiger partial charge is 0.309 e. The number of fused-ring (bicyclic) bond motifs is 7. The maximum atomic E-state index is 4.95. The molecule has 2 heteroatoms. The molecule has 3 heterocycles. The maximum Gasteiger partial charge on any atom is 0.0715 e. The predicted molar refractivity (Wildman–Crippen MR) is 151 cm³/mol. The molecule has 2 nitrogen and oxygen atoms in total. The zero-order valence-corrected chi connectivity index (χ0v) is 20.3. The lowest BCUT2D eigenvalue weighted by Crippen LogP contribution is -2.26. The summed E-state index contributed by atoms with van der Waals surface area (Å²) < 4.78 is 2.48. The number of nitrogens with zero attached hydrogens (tertiary/aromatic N) is 2. The summed E-state index contributed by atoms with van der Waals surface area (Å²) in [5, 5.41) is 4.99. The van der Waals surface area contributed by atoms with Gasteiger partial charge in [0, 0.05) is 32.5 Å². The number of hydrogen-bond donors (Lipinski definition) is 0. The molecule has 0 saturated heterocycles. The van der Waals surface area contributed by atoms with E-state index in [9.17, 15) is 0 Å². The molecule has 0 aliphatic carbocycles. The molecule has 1 aliphatic heterocycles. The van der Waals surface area contributed by atoms with Gasteiger partial charge in [-0.15, -0.1) is 0 Å². The van der Waals surface area contributed by atoms with Crippen LogP contribution in [0.1, 0.15) is 25.0 Å². The number of benzene rings is 5. The molecular formula is C34H24N2. The number of pyridine rings is 1. The normalized spacial score (nSPS) is 14.1. The minimum absolute atomic E-state index is 0.0547. The van der Waals surface area contributed by atoms with Crippen molar-refractivity contribution < 1.29 is 0 Å². The van der Waals surface area contributed by atoms with Gasteiger partial charge < -0.3 is 4.57 Å². The van der Waals surface area contributed by atoms with E-state index in [0.29, 0.717) is 0 Å². The third kappa shape index (κ3) is 2.43. The number of rotatable bonds is 1. The molecule has 170 valence electrons. The third-order valence-electron chi connectivity index (χ3n) is 8.16. The fraction of sp³-hybridized carbons (Fsp3) is 0.0882. The van der Waals surface area contributed by atoms with Gasteiger partial charge in [0.05, 0.1) is 27.8 Å². The van der Waals surface area contributed by atoms with Gasteiger partial charge in [-0.25, -0.2) is 4.98 Å². The van der Waals surface area contributed by atoms with Gasteiger partial charge in [0.1, 0.15) is 0 Å². The van der Waals surface area contributed by atoms with Gasteiger partial charge in [-0.2, -0.15) is 0 Å². The molecule has 0 fully saturated rings. The molecule has 7 aromatic rings. The summed E-state index contributed by atoms with van der Waals surface area (Å²) in [5.74, 6) is 0. The Balaban J connectivity index is 1.52. The molecule has 36 heavy (non-hydrogen) atoms. The minimum atomic E-state index is -0.0547. The van der Waals surface area contributed by atoms with E-state index in [4.69, 9.17) is 4.98 Å². The van der Waals surface area contributed by atoms with E-state index in [2.05, 4.69) is 128 Å². The van der Waals surface area contributed by atoms with E-state index >= 15 is 0 Å². The van der Waals surface area contributed by atoms with Gasteiger partial charge in [0.25, 0.3) is 0 Å². The molecular weight excluding hydrogens is 436 g/mol. The van der Waals surface area contributed by atoms with Gasteiger partial charge in [0.2, 0.25) is 0 Å². The lowest BCUT2D eigenvalue weighted by Gasteiger charge is -2.34. The fourth-order valence-electron chi connectivity index (χ4n) is 6.47. The second-order valence-corrected chi connectivity index (χ2v) is 10.4. The Morgan fingerprint density at radius 1 is 0.583 bits per heavy atom. The number of para-hydroxylation sites is 4. The van der Waals surface area contributed by atoms with Gasteiger partial charge in [-0.05, 0) is 47.0 Å². The molecule has 0 amide bonds. The summed E-state index contributed by atoms with van der Waals surface area (Å²) in [6.07, 6.45) is 0. The SMILES string of the molecule is CC1(C)c2ccccc2-n2c3ccc(-c4c5ccccc5nc5ccccc45)cc3c3cccc1c32. The van der Waals surface area contributed by atoms with E-state index in [1.807, 2.05) is 0 Å². The summed E-state index contributed by atoms with van der Waals surface area (Å²) in [5.41, 5.74) is 11.1. The van der Waals surface area contributed by atoms with Crippen molar-refractivity contribution in [1.29, 1.82) is 0 Å². The van der Waals surface area contributed by atoms with Crippen LogP contribution in [-0.4, -0.2) is 9.55 Å². The summed E-state index contributed by atoms with van der Waals surface area (Å²) in [6, 6.07) is 39.7. The van der Waals surface area contributed by atoms with Crippen molar-refractivity contribution in [3.63, 3.8) is 0 Å². The van der Waals surface area contributed by atoms with Crippen LogP contribution in [0, 0.1) is 0 Å². The molecule has 0 unspecified atom stereocenters. The van der Waals surface area contributed by atoms with Crippen molar-refractivity contribution in [2.75, 3.05) is 0 Å². The monoisotopic (exact) mass is 460 g/mol. The van der Waals surface area contributed by atoms with Crippen LogP contribution in [0.25, 0.3) is 60.4 Å². The summed E-state index contributed by atoms with van der Waals surface area (Å²) >= 11 is 0. The first-order chi connectivity index (χ1) is 17.6. The molecule has 5 aromatic carbocycles. The van der Waals surface area contributed by atoms with Crippen molar-refractivity contribution in [2.24, 2.45) is 0 Å². The van der Waals surface area contributed by atoms with Crippen LogP contribution < -0.4 is 0 Å². The zero-order valence-electron chi connectivity index (χ0n) is 20.3. The van der Waals surface area contributed by atoms with Crippen molar-refractivity contribution in [2.45, 2.75) is 19.3 Å². The molecule has 0 radical (unpaired) electrons. The van der Waals surface area contributed by atoms with Gasteiger partial charge >= 0.3 is 0 Å². The number of hydrogen-bond acceptors (Lipinski definition) is 1. The van der Waals surface area contributed by atoms with E-state index < -0.39 is 0 Å². The first-order valence-electron chi connectivity index (χ1n) is 12.6. The molecule has 0 N–H and O–H groups in total. The van der Waals surface area contributed by atoms with Crippen LogP contribution in [0.3, 0.4) is 0 Å². The Bertz CT molecular complexity index is 1970. The van der Waals surface area contributed by atoms with Crippen LogP contribution in [0.2, 0.25) is 0 Å². The highest BCUT2D eigenvalue weighted by molar-refractivity contribution is 6.15. The van der Waals surface area contributed by atoms with Gasteiger partial charge in [-0.1, -0.05) is 92.7 Å². The molecule has 1 aliphatic rings. The average molecular weight is 461 g/mol. The van der Waals surface area contributed by atoms with Crippen LogP contribution in [0.15, 0.2) is 109 Å². The minimum Gasteiger partial charge on any atom is -0.309 e. The third-order valence-corrected chi connectivity index (χ3v) is 8.16. The second kappa shape index (κ2) is 6.83. The summed E-state index contributed by atoms with van der Waals surface area (Å²) in [4.78, 5) is 4.95. The Morgan fingerprint density at radius 2 is 1.22 bits per heavy atom. The summed E-state index contributed by atoms with van der Waals surface area (Å²) in [6.45, 7) is 4.70. The second-order valence-electron chi connectivity index (χ2n) is 10.4. The Morgan fingerprint density at radius 3 is 2.00 bits per heavy atom. The van der Waals surface area contributed by atoms with Gasteiger partial charge in [-0.3, -0.25) is 0 Å². The smallest absolute Gasteiger partial charge is 0.0715 e. The number of aromatic nitrogens is 2.